The van der Waals surface area contributed by atoms with Crippen molar-refractivity contribution in [1.82, 2.24) is 10.2 Å². The van der Waals surface area contributed by atoms with E-state index in [0.717, 1.165) is 6.20 Å². The zero-order valence-corrected chi connectivity index (χ0v) is 13.0. The SMILES string of the molecule is COC(=O)c1oc(COC(=O)c2cn[nH]c2S(N)(=O)=O)cc1C. The summed E-state index contributed by atoms with van der Waals surface area (Å²) in [6, 6.07) is 1.50. The Bertz CT molecular complexity index is 850. The maximum Gasteiger partial charge on any atom is 0.374 e. The van der Waals surface area contributed by atoms with E-state index in [2.05, 4.69) is 14.9 Å². The zero-order chi connectivity index (χ0) is 17.2. The number of esters is 2. The number of aromatic nitrogens is 2. The van der Waals surface area contributed by atoms with Crippen LogP contribution in [0.3, 0.4) is 0 Å². The number of hydrogen-bond acceptors (Lipinski definition) is 8. The van der Waals surface area contributed by atoms with Gasteiger partial charge in [-0.15, -0.1) is 0 Å². The largest absolute Gasteiger partial charge is 0.463 e. The molecule has 0 aliphatic rings. The van der Waals surface area contributed by atoms with Crippen LogP contribution < -0.4 is 5.14 Å². The molecule has 0 fully saturated rings. The number of nitrogens with one attached hydrogen (secondary N) is 1. The molecule has 0 aromatic carbocycles. The number of nitrogens with two attached hydrogens (primary N) is 1. The van der Waals surface area contributed by atoms with E-state index in [-0.39, 0.29) is 23.7 Å². The van der Waals surface area contributed by atoms with Crippen molar-refractivity contribution in [1.29, 1.82) is 0 Å². The molecule has 2 aromatic rings. The number of primary sulfonamides is 1. The highest BCUT2D eigenvalue weighted by atomic mass is 32.2. The molecule has 10 nitrogen and oxygen atoms in total. The summed E-state index contributed by atoms with van der Waals surface area (Å²) in [5.41, 5.74) is 0.181. The van der Waals surface area contributed by atoms with Gasteiger partial charge in [0.05, 0.1) is 13.3 Å². The molecule has 2 rings (SSSR count). The molecule has 3 N–H and O–H groups in total. The van der Waals surface area contributed by atoms with Gasteiger partial charge in [0.25, 0.3) is 10.0 Å². The van der Waals surface area contributed by atoms with Crippen LogP contribution in [0.2, 0.25) is 0 Å². The van der Waals surface area contributed by atoms with E-state index in [0.29, 0.717) is 5.56 Å². The van der Waals surface area contributed by atoms with Gasteiger partial charge in [-0.05, 0) is 13.0 Å². The lowest BCUT2D eigenvalue weighted by molar-refractivity contribution is 0.0434. The molecule has 0 bridgehead atoms. The summed E-state index contributed by atoms with van der Waals surface area (Å²) in [4.78, 5) is 23.3. The number of carbonyl (C=O) groups excluding carboxylic acids is 2. The van der Waals surface area contributed by atoms with Crippen molar-refractivity contribution < 1.29 is 31.9 Å². The average molecular weight is 343 g/mol. The molecule has 0 aliphatic carbocycles. The Labute approximate surface area is 130 Å². The molecule has 0 radical (unpaired) electrons. The van der Waals surface area contributed by atoms with Gasteiger partial charge in [0.1, 0.15) is 17.9 Å². The van der Waals surface area contributed by atoms with Crippen LogP contribution in [0.25, 0.3) is 0 Å². The van der Waals surface area contributed by atoms with Gasteiger partial charge < -0.3 is 13.9 Å². The number of rotatable bonds is 5. The van der Waals surface area contributed by atoms with Crippen LogP contribution in [0, 0.1) is 6.92 Å². The molecule has 124 valence electrons. The zero-order valence-electron chi connectivity index (χ0n) is 12.2. The van der Waals surface area contributed by atoms with Crippen LogP contribution in [0.4, 0.5) is 0 Å². The van der Waals surface area contributed by atoms with Crippen LogP contribution >= 0.6 is 0 Å². The van der Waals surface area contributed by atoms with E-state index in [1.54, 1.807) is 6.92 Å². The predicted molar refractivity (Wildman–Crippen MR) is 73.9 cm³/mol. The van der Waals surface area contributed by atoms with Gasteiger partial charge in [-0.25, -0.2) is 23.1 Å². The Morgan fingerprint density at radius 2 is 2.09 bits per heavy atom. The first-order valence-electron chi connectivity index (χ1n) is 6.15. The highest BCUT2D eigenvalue weighted by molar-refractivity contribution is 7.89. The molecule has 0 unspecified atom stereocenters. The van der Waals surface area contributed by atoms with Crippen molar-refractivity contribution in [2.24, 2.45) is 5.14 Å². The molecule has 0 aliphatic heterocycles. The topological polar surface area (TPSA) is 155 Å². The molecular formula is C12H13N3O7S. The van der Waals surface area contributed by atoms with E-state index in [1.165, 1.54) is 13.2 Å². The van der Waals surface area contributed by atoms with Crippen molar-refractivity contribution in [3.63, 3.8) is 0 Å². The Morgan fingerprint density at radius 1 is 1.39 bits per heavy atom. The molecule has 11 heteroatoms. The number of H-pyrrole nitrogens is 1. The number of sulfonamides is 1. The van der Waals surface area contributed by atoms with E-state index in [9.17, 15) is 18.0 Å². The van der Waals surface area contributed by atoms with Crippen LogP contribution in [-0.4, -0.2) is 37.7 Å². The number of carbonyl (C=O) groups is 2. The molecule has 23 heavy (non-hydrogen) atoms. The van der Waals surface area contributed by atoms with Gasteiger partial charge in [0.15, 0.2) is 5.03 Å². The normalized spacial score (nSPS) is 11.3. The number of nitrogens with zero attached hydrogens (tertiary/aromatic N) is 1. The third kappa shape index (κ3) is 3.57. The minimum atomic E-state index is -4.14. The first-order valence-corrected chi connectivity index (χ1v) is 7.69. The second kappa shape index (κ2) is 6.22. The fourth-order valence-corrected chi connectivity index (χ4v) is 2.39. The lowest BCUT2D eigenvalue weighted by Crippen LogP contribution is -2.17. The van der Waals surface area contributed by atoms with Crippen LogP contribution in [0.15, 0.2) is 21.7 Å². The van der Waals surface area contributed by atoms with Gasteiger partial charge >= 0.3 is 11.9 Å². The highest BCUT2D eigenvalue weighted by Crippen LogP contribution is 2.18. The molecule has 0 saturated heterocycles. The summed E-state index contributed by atoms with van der Waals surface area (Å²) in [7, 11) is -2.93. The maximum absolute atomic E-state index is 11.9. The lowest BCUT2D eigenvalue weighted by Gasteiger charge is -2.02. The minimum absolute atomic E-state index is 0.00733. The van der Waals surface area contributed by atoms with E-state index >= 15 is 0 Å². The quantitative estimate of drug-likeness (QED) is 0.724. The molecule has 0 spiro atoms. The molecule has 2 aromatic heterocycles. The Morgan fingerprint density at radius 3 is 2.70 bits per heavy atom. The second-order valence-electron chi connectivity index (χ2n) is 4.45. The van der Waals surface area contributed by atoms with Gasteiger partial charge in [0, 0.05) is 5.56 Å². The Hall–Kier alpha value is -2.66. The van der Waals surface area contributed by atoms with Crippen molar-refractivity contribution in [3.05, 3.63) is 34.9 Å². The van der Waals surface area contributed by atoms with E-state index < -0.39 is 27.0 Å². The number of hydrogen-bond donors (Lipinski definition) is 2. The van der Waals surface area contributed by atoms with Crippen molar-refractivity contribution >= 4 is 22.0 Å². The molecule has 0 saturated carbocycles. The fraction of sp³-hybridized carbons (Fsp3) is 0.250. The van der Waals surface area contributed by atoms with Crippen molar-refractivity contribution in [2.75, 3.05) is 7.11 Å². The molecule has 0 amide bonds. The van der Waals surface area contributed by atoms with Gasteiger partial charge in [-0.2, -0.15) is 5.10 Å². The Kier molecular flexibility index (Phi) is 4.52. The highest BCUT2D eigenvalue weighted by Gasteiger charge is 2.24. The van der Waals surface area contributed by atoms with Gasteiger partial charge in [-0.3, -0.25) is 5.10 Å². The summed E-state index contributed by atoms with van der Waals surface area (Å²) in [6.45, 7) is 1.31. The third-order valence-electron chi connectivity index (χ3n) is 2.79. The summed E-state index contributed by atoms with van der Waals surface area (Å²) in [5, 5.41) is 9.95. The fourth-order valence-electron chi connectivity index (χ4n) is 1.77. The summed E-state index contributed by atoms with van der Waals surface area (Å²) in [6.07, 6.45) is 0.981. The monoisotopic (exact) mass is 343 g/mol. The summed E-state index contributed by atoms with van der Waals surface area (Å²) >= 11 is 0. The lowest BCUT2D eigenvalue weighted by atomic mass is 10.2. The summed E-state index contributed by atoms with van der Waals surface area (Å²) in [5.74, 6) is -1.44. The smallest absolute Gasteiger partial charge is 0.374 e. The van der Waals surface area contributed by atoms with Crippen LogP contribution in [-0.2, 0) is 26.1 Å². The number of furan rings is 1. The standard InChI is InChI=1S/C12H13N3O7S/c1-6-3-7(22-9(6)12(17)20-2)5-21-11(16)8-4-14-15-10(8)23(13,18)19/h3-4H,5H2,1-2H3,(H,14,15)(H2,13,18,19). The average Bonchev–Trinajstić information content (AvgIpc) is 3.10. The number of aromatic amines is 1. The first-order chi connectivity index (χ1) is 10.7. The van der Waals surface area contributed by atoms with Crippen LogP contribution in [0.1, 0.15) is 32.2 Å². The van der Waals surface area contributed by atoms with Gasteiger partial charge in [-0.1, -0.05) is 0 Å². The molecular weight excluding hydrogens is 330 g/mol. The van der Waals surface area contributed by atoms with Crippen molar-refractivity contribution in [2.45, 2.75) is 18.6 Å². The maximum atomic E-state index is 11.9. The van der Waals surface area contributed by atoms with Crippen molar-refractivity contribution in [3.8, 4) is 0 Å². The summed E-state index contributed by atoms with van der Waals surface area (Å²) < 4.78 is 37.2. The molecule has 0 atom stereocenters. The van der Waals surface area contributed by atoms with E-state index in [4.69, 9.17) is 14.3 Å². The third-order valence-corrected chi connectivity index (χ3v) is 3.67. The number of aryl methyl sites for hydroxylation is 1. The van der Waals surface area contributed by atoms with E-state index in [1.807, 2.05) is 0 Å². The second-order valence-corrected chi connectivity index (χ2v) is 5.95. The Balaban J connectivity index is 2.12. The minimum Gasteiger partial charge on any atom is -0.463 e. The first kappa shape index (κ1) is 16.7. The van der Waals surface area contributed by atoms with Crippen LogP contribution in [0.5, 0.6) is 0 Å². The molecule has 2 heterocycles. The predicted octanol–water partition coefficient (Wildman–Crippen LogP) is 0.102. The number of ether oxygens (including phenoxy) is 2. The number of methoxy groups -OCH3 is 1. The van der Waals surface area contributed by atoms with Gasteiger partial charge in [0.2, 0.25) is 5.76 Å².